The number of nitrogens with zero attached hydrogens (tertiary/aromatic N) is 1. The number of hydrogen-bond acceptors (Lipinski definition) is 4. The minimum Gasteiger partial charge on any atom is -0.409 e. The summed E-state index contributed by atoms with van der Waals surface area (Å²) in [7, 11) is 1.67. The van der Waals surface area contributed by atoms with Crippen LogP contribution in [0.1, 0.15) is 19.8 Å². The van der Waals surface area contributed by atoms with Gasteiger partial charge in [0.2, 0.25) is 0 Å². The highest BCUT2D eigenvalue weighted by molar-refractivity contribution is 5.85. The molecule has 5 heteroatoms. The van der Waals surface area contributed by atoms with E-state index in [0.29, 0.717) is 0 Å². The zero-order chi connectivity index (χ0) is 10.1. The Morgan fingerprint density at radius 1 is 1.69 bits per heavy atom. The molecule has 0 bridgehead atoms. The second-order valence-electron chi connectivity index (χ2n) is 2.79. The zero-order valence-electron chi connectivity index (χ0n) is 8.29. The van der Waals surface area contributed by atoms with Crippen LogP contribution in [0.15, 0.2) is 5.16 Å². The molecule has 0 saturated heterocycles. The predicted octanol–water partition coefficient (Wildman–Crippen LogP) is 0.138. The first-order valence-corrected chi connectivity index (χ1v) is 4.46. The van der Waals surface area contributed by atoms with E-state index in [2.05, 4.69) is 10.5 Å². The molecule has 0 aromatic heterocycles. The summed E-state index contributed by atoms with van der Waals surface area (Å²) in [5, 5.41) is 14.6. The Morgan fingerprint density at radius 2 is 2.38 bits per heavy atom. The molecule has 0 aromatic carbocycles. The molecular formula is C8H19N3O2. The molecule has 0 fully saturated rings. The van der Waals surface area contributed by atoms with Crippen molar-refractivity contribution in [1.29, 1.82) is 0 Å². The fourth-order valence-electron chi connectivity index (χ4n) is 1.02. The van der Waals surface area contributed by atoms with E-state index in [-0.39, 0.29) is 11.9 Å². The van der Waals surface area contributed by atoms with Crippen molar-refractivity contribution in [3.8, 4) is 0 Å². The first-order valence-electron chi connectivity index (χ1n) is 4.46. The molecule has 0 amide bonds. The fraction of sp³-hybridized carbons (Fsp3) is 0.875. The Hall–Kier alpha value is -0.810. The molecule has 13 heavy (non-hydrogen) atoms. The molecule has 0 spiro atoms. The van der Waals surface area contributed by atoms with Crippen LogP contribution in [0.3, 0.4) is 0 Å². The summed E-state index contributed by atoms with van der Waals surface area (Å²) in [6, 6.07) is -0.0399. The Balaban J connectivity index is 3.60. The molecule has 0 heterocycles. The minimum atomic E-state index is -0.0399. The average molecular weight is 189 g/mol. The third-order valence-electron chi connectivity index (χ3n) is 1.80. The second kappa shape index (κ2) is 7.82. The number of methoxy groups -OCH3 is 1. The van der Waals surface area contributed by atoms with Crippen LogP contribution < -0.4 is 11.1 Å². The van der Waals surface area contributed by atoms with Crippen LogP contribution in [0.4, 0.5) is 0 Å². The van der Waals surface area contributed by atoms with Crippen molar-refractivity contribution in [3.05, 3.63) is 0 Å². The van der Waals surface area contributed by atoms with Gasteiger partial charge in [-0.3, -0.25) is 0 Å². The highest BCUT2D eigenvalue weighted by Gasteiger charge is 2.09. The van der Waals surface area contributed by atoms with Crippen molar-refractivity contribution in [2.45, 2.75) is 25.8 Å². The molecule has 0 radical (unpaired) electrons. The number of amidine groups is 1. The smallest absolute Gasteiger partial charge is 0.156 e. The van der Waals surface area contributed by atoms with Crippen molar-refractivity contribution >= 4 is 5.84 Å². The van der Waals surface area contributed by atoms with Gasteiger partial charge in [-0.25, -0.2) is 0 Å². The van der Waals surface area contributed by atoms with Crippen LogP contribution >= 0.6 is 0 Å². The lowest BCUT2D eigenvalue weighted by Gasteiger charge is -2.14. The first-order chi connectivity index (χ1) is 6.26. The monoisotopic (exact) mass is 189 g/mol. The van der Waals surface area contributed by atoms with E-state index in [0.717, 1.165) is 26.0 Å². The fourth-order valence-corrected chi connectivity index (χ4v) is 1.02. The number of oxime groups is 1. The summed E-state index contributed by atoms with van der Waals surface area (Å²) < 4.78 is 4.89. The summed E-state index contributed by atoms with van der Waals surface area (Å²) >= 11 is 0. The topological polar surface area (TPSA) is 79.9 Å². The van der Waals surface area contributed by atoms with Crippen molar-refractivity contribution in [2.75, 3.05) is 20.3 Å². The molecule has 0 aliphatic rings. The van der Waals surface area contributed by atoms with Crippen LogP contribution in [-0.2, 0) is 4.74 Å². The summed E-state index contributed by atoms with van der Waals surface area (Å²) in [5.74, 6) is 0.236. The Kier molecular flexibility index (Phi) is 7.33. The highest BCUT2D eigenvalue weighted by atomic mass is 16.5. The zero-order valence-corrected chi connectivity index (χ0v) is 8.29. The number of nitrogens with two attached hydrogens (primary N) is 1. The molecule has 0 aromatic rings. The lowest BCUT2D eigenvalue weighted by Crippen LogP contribution is -2.41. The van der Waals surface area contributed by atoms with Gasteiger partial charge in [-0.1, -0.05) is 12.1 Å². The first kappa shape index (κ1) is 12.2. The van der Waals surface area contributed by atoms with Crippen LogP contribution in [0.25, 0.3) is 0 Å². The number of nitrogens with one attached hydrogen (secondary N) is 1. The van der Waals surface area contributed by atoms with E-state index in [1.807, 2.05) is 6.92 Å². The van der Waals surface area contributed by atoms with Crippen molar-refractivity contribution in [2.24, 2.45) is 10.9 Å². The maximum Gasteiger partial charge on any atom is 0.156 e. The SMILES string of the molecule is CCC(NCCCOC)C(N)=NO. The Bertz CT molecular complexity index is 150. The van der Waals surface area contributed by atoms with Gasteiger partial charge in [-0.05, 0) is 19.4 Å². The van der Waals surface area contributed by atoms with Crippen molar-refractivity contribution in [3.63, 3.8) is 0 Å². The third kappa shape index (κ3) is 5.43. The number of ether oxygens (including phenoxy) is 1. The van der Waals surface area contributed by atoms with Gasteiger partial charge in [0.1, 0.15) is 0 Å². The normalized spacial score (nSPS) is 14.5. The highest BCUT2D eigenvalue weighted by Crippen LogP contribution is 1.91. The molecule has 0 rings (SSSR count). The van der Waals surface area contributed by atoms with Crippen LogP contribution in [-0.4, -0.2) is 37.3 Å². The number of hydrogen-bond donors (Lipinski definition) is 3. The van der Waals surface area contributed by atoms with E-state index in [9.17, 15) is 0 Å². The third-order valence-corrected chi connectivity index (χ3v) is 1.80. The van der Waals surface area contributed by atoms with Crippen molar-refractivity contribution < 1.29 is 9.94 Å². The lowest BCUT2D eigenvalue weighted by molar-refractivity contribution is 0.194. The predicted molar refractivity (Wildman–Crippen MR) is 52.0 cm³/mol. The van der Waals surface area contributed by atoms with Gasteiger partial charge in [0, 0.05) is 13.7 Å². The van der Waals surface area contributed by atoms with Crippen LogP contribution in [0.2, 0.25) is 0 Å². The molecule has 78 valence electrons. The van der Waals surface area contributed by atoms with Crippen molar-refractivity contribution in [1.82, 2.24) is 5.32 Å². The van der Waals surface area contributed by atoms with Gasteiger partial charge in [0.05, 0.1) is 6.04 Å². The Labute approximate surface area is 78.9 Å². The number of rotatable bonds is 7. The van der Waals surface area contributed by atoms with Crippen LogP contribution in [0, 0.1) is 0 Å². The molecule has 5 nitrogen and oxygen atoms in total. The molecule has 0 aliphatic carbocycles. The standard InChI is InChI=1S/C8H19N3O2/c1-3-7(8(9)11-12)10-5-4-6-13-2/h7,10,12H,3-6H2,1-2H3,(H2,9,11). The van der Waals surface area contributed by atoms with E-state index in [4.69, 9.17) is 15.7 Å². The maximum absolute atomic E-state index is 8.44. The lowest BCUT2D eigenvalue weighted by atomic mass is 10.2. The largest absolute Gasteiger partial charge is 0.409 e. The quantitative estimate of drug-likeness (QED) is 0.175. The van der Waals surface area contributed by atoms with E-state index < -0.39 is 0 Å². The van der Waals surface area contributed by atoms with E-state index in [1.54, 1.807) is 7.11 Å². The van der Waals surface area contributed by atoms with Gasteiger partial charge in [0.25, 0.3) is 0 Å². The Morgan fingerprint density at radius 3 is 2.85 bits per heavy atom. The van der Waals surface area contributed by atoms with Gasteiger partial charge >= 0.3 is 0 Å². The maximum atomic E-state index is 8.44. The summed E-state index contributed by atoms with van der Waals surface area (Å²) in [6.07, 6.45) is 1.73. The molecule has 0 aliphatic heterocycles. The van der Waals surface area contributed by atoms with Crippen LogP contribution in [0.5, 0.6) is 0 Å². The molecule has 0 saturated carbocycles. The van der Waals surface area contributed by atoms with Gasteiger partial charge in [0.15, 0.2) is 5.84 Å². The molecule has 1 atom stereocenters. The molecule has 1 unspecified atom stereocenters. The minimum absolute atomic E-state index is 0.0399. The van der Waals surface area contributed by atoms with Gasteiger partial charge in [-0.2, -0.15) is 0 Å². The molecule has 4 N–H and O–H groups in total. The summed E-state index contributed by atoms with van der Waals surface area (Å²) in [4.78, 5) is 0. The van der Waals surface area contributed by atoms with Gasteiger partial charge < -0.3 is 21.0 Å². The van der Waals surface area contributed by atoms with Gasteiger partial charge in [-0.15, -0.1) is 0 Å². The summed E-state index contributed by atoms with van der Waals surface area (Å²) in [5.41, 5.74) is 5.45. The average Bonchev–Trinajstić information content (AvgIpc) is 2.17. The van der Waals surface area contributed by atoms with E-state index >= 15 is 0 Å². The molecular weight excluding hydrogens is 170 g/mol. The summed E-state index contributed by atoms with van der Waals surface area (Å²) in [6.45, 7) is 3.51. The van der Waals surface area contributed by atoms with E-state index in [1.165, 1.54) is 0 Å². The second-order valence-corrected chi connectivity index (χ2v) is 2.79.